The molecule has 0 amide bonds. The van der Waals surface area contributed by atoms with Crippen molar-refractivity contribution >= 4 is 6.21 Å². The number of hydrogen-bond donors (Lipinski definition) is 0. The summed E-state index contributed by atoms with van der Waals surface area (Å²) < 4.78 is 0. The first-order valence-corrected chi connectivity index (χ1v) is 2.77. The number of rotatable bonds is 0. The molecule has 0 spiro atoms. The first-order chi connectivity index (χ1) is 3.72. The SMILES string of the molecule is C[C]1N=CC(C)=C1C. The van der Waals surface area contributed by atoms with E-state index in [4.69, 9.17) is 0 Å². The molecule has 0 aliphatic carbocycles. The highest BCUT2D eigenvalue weighted by Gasteiger charge is 2.09. The number of nitrogens with zero attached hydrogens (tertiary/aromatic N) is 1. The van der Waals surface area contributed by atoms with Crippen LogP contribution < -0.4 is 0 Å². The Balaban J connectivity index is 2.85. The zero-order valence-electron chi connectivity index (χ0n) is 5.52. The van der Waals surface area contributed by atoms with Gasteiger partial charge in [0.05, 0.1) is 0 Å². The lowest BCUT2D eigenvalue weighted by atomic mass is 10.1. The van der Waals surface area contributed by atoms with Gasteiger partial charge in [-0.05, 0) is 31.9 Å². The van der Waals surface area contributed by atoms with Crippen LogP contribution in [-0.2, 0) is 0 Å². The summed E-state index contributed by atoms with van der Waals surface area (Å²) in [6.45, 7) is 6.20. The van der Waals surface area contributed by atoms with Crippen LogP contribution in [0.15, 0.2) is 16.1 Å². The fourth-order valence-corrected chi connectivity index (χ4v) is 0.673. The molecule has 8 heavy (non-hydrogen) atoms. The van der Waals surface area contributed by atoms with E-state index >= 15 is 0 Å². The Bertz CT molecular complexity index is 154. The molecule has 0 saturated heterocycles. The van der Waals surface area contributed by atoms with Gasteiger partial charge in [-0.15, -0.1) is 0 Å². The molecule has 1 rings (SSSR count). The quantitative estimate of drug-likeness (QED) is 0.450. The van der Waals surface area contributed by atoms with Gasteiger partial charge in [0.15, 0.2) is 0 Å². The minimum atomic E-state index is 1.16. The van der Waals surface area contributed by atoms with Crippen molar-refractivity contribution in [1.82, 2.24) is 0 Å². The molecule has 0 unspecified atom stereocenters. The van der Waals surface area contributed by atoms with E-state index in [-0.39, 0.29) is 0 Å². The van der Waals surface area contributed by atoms with E-state index in [2.05, 4.69) is 18.8 Å². The fourth-order valence-electron chi connectivity index (χ4n) is 0.673. The van der Waals surface area contributed by atoms with E-state index in [9.17, 15) is 0 Å². The van der Waals surface area contributed by atoms with E-state index in [0.717, 1.165) is 6.04 Å². The minimum absolute atomic E-state index is 1.16. The molecule has 1 aliphatic rings. The van der Waals surface area contributed by atoms with E-state index in [1.807, 2.05) is 13.1 Å². The molecule has 1 nitrogen and oxygen atoms in total. The number of hydrogen-bond acceptors (Lipinski definition) is 1. The zero-order chi connectivity index (χ0) is 6.15. The molecule has 0 aromatic rings. The molecule has 0 fully saturated rings. The monoisotopic (exact) mass is 108 g/mol. The van der Waals surface area contributed by atoms with Gasteiger partial charge in [0.2, 0.25) is 0 Å². The molecule has 0 aromatic heterocycles. The van der Waals surface area contributed by atoms with Crippen LogP contribution in [0, 0.1) is 6.04 Å². The van der Waals surface area contributed by atoms with Crippen LogP contribution in [0.3, 0.4) is 0 Å². The second-order valence-electron chi connectivity index (χ2n) is 2.15. The highest BCUT2D eigenvalue weighted by molar-refractivity contribution is 5.84. The van der Waals surface area contributed by atoms with Crippen LogP contribution in [0.1, 0.15) is 20.8 Å². The Morgan fingerprint density at radius 2 is 1.88 bits per heavy atom. The fraction of sp³-hybridized carbons (Fsp3) is 0.429. The first-order valence-electron chi connectivity index (χ1n) is 2.77. The molecule has 1 radical (unpaired) electrons. The molecule has 0 saturated carbocycles. The normalized spacial score (nSPS) is 20.9. The highest BCUT2D eigenvalue weighted by atomic mass is 14.8. The van der Waals surface area contributed by atoms with Crippen LogP contribution in [-0.4, -0.2) is 6.21 Å². The second kappa shape index (κ2) is 1.73. The van der Waals surface area contributed by atoms with E-state index in [0.29, 0.717) is 0 Å². The Kier molecular flexibility index (Phi) is 1.20. The van der Waals surface area contributed by atoms with Gasteiger partial charge in [0.25, 0.3) is 0 Å². The number of allylic oxidation sites excluding steroid dienone is 1. The van der Waals surface area contributed by atoms with Gasteiger partial charge in [0, 0.05) is 6.21 Å². The highest BCUT2D eigenvalue weighted by Crippen LogP contribution is 2.21. The van der Waals surface area contributed by atoms with Crippen LogP contribution in [0.5, 0.6) is 0 Å². The summed E-state index contributed by atoms with van der Waals surface area (Å²) in [5, 5.41) is 0. The van der Waals surface area contributed by atoms with Crippen molar-refractivity contribution in [3.05, 3.63) is 17.2 Å². The molecule has 0 N–H and O–H groups in total. The summed E-state index contributed by atoms with van der Waals surface area (Å²) in [6.07, 6.45) is 1.91. The van der Waals surface area contributed by atoms with E-state index in [1.165, 1.54) is 11.1 Å². The van der Waals surface area contributed by atoms with Crippen LogP contribution in [0.25, 0.3) is 0 Å². The van der Waals surface area contributed by atoms with E-state index in [1.54, 1.807) is 0 Å². The third kappa shape index (κ3) is 0.683. The van der Waals surface area contributed by atoms with Crippen molar-refractivity contribution in [2.24, 2.45) is 4.99 Å². The first kappa shape index (κ1) is 5.54. The third-order valence-corrected chi connectivity index (χ3v) is 1.59. The molecular weight excluding hydrogens is 98.1 g/mol. The lowest BCUT2D eigenvalue weighted by Crippen LogP contribution is -1.82. The van der Waals surface area contributed by atoms with Crippen molar-refractivity contribution in [2.45, 2.75) is 20.8 Å². The Morgan fingerprint density at radius 1 is 1.25 bits per heavy atom. The van der Waals surface area contributed by atoms with Gasteiger partial charge in [-0.1, -0.05) is 0 Å². The van der Waals surface area contributed by atoms with Crippen molar-refractivity contribution in [3.63, 3.8) is 0 Å². The van der Waals surface area contributed by atoms with Crippen LogP contribution in [0.2, 0.25) is 0 Å². The molecule has 1 heteroatoms. The van der Waals surface area contributed by atoms with Crippen molar-refractivity contribution in [2.75, 3.05) is 0 Å². The Morgan fingerprint density at radius 3 is 2.00 bits per heavy atom. The maximum Gasteiger partial charge on any atom is 0.108 e. The Hall–Kier alpha value is -0.590. The summed E-state index contributed by atoms with van der Waals surface area (Å²) in [5.74, 6) is 0. The minimum Gasteiger partial charge on any atom is -0.279 e. The van der Waals surface area contributed by atoms with Crippen molar-refractivity contribution < 1.29 is 0 Å². The maximum atomic E-state index is 4.12. The maximum absolute atomic E-state index is 4.12. The van der Waals surface area contributed by atoms with Gasteiger partial charge >= 0.3 is 0 Å². The summed E-state index contributed by atoms with van der Waals surface area (Å²) >= 11 is 0. The van der Waals surface area contributed by atoms with Gasteiger partial charge in [-0.3, -0.25) is 4.99 Å². The molecule has 0 bridgehead atoms. The van der Waals surface area contributed by atoms with Crippen molar-refractivity contribution in [3.8, 4) is 0 Å². The summed E-state index contributed by atoms with van der Waals surface area (Å²) in [5.41, 5.74) is 2.62. The largest absolute Gasteiger partial charge is 0.279 e. The van der Waals surface area contributed by atoms with E-state index < -0.39 is 0 Å². The average molecular weight is 108 g/mol. The predicted molar refractivity (Wildman–Crippen MR) is 35.8 cm³/mol. The smallest absolute Gasteiger partial charge is 0.108 e. The summed E-state index contributed by atoms with van der Waals surface area (Å²) in [7, 11) is 0. The third-order valence-electron chi connectivity index (χ3n) is 1.59. The molecule has 1 aliphatic heterocycles. The van der Waals surface area contributed by atoms with Crippen LogP contribution in [0.4, 0.5) is 0 Å². The molecule has 43 valence electrons. The topological polar surface area (TPSA) is 12.4 Å². The standard InChI is InChI=1S/C7H10N/c1-5-4-8-7(3)6(5)2/h4H,1-3H3. The lowest BCUT2D eigenvalue weighted by Gasteiger charge is -1.96. The van der Waals surface area contributed by atoms with Gasteiger partial charge in [-0.25, -0.2) is 0 Å². The summed E-state index contributed by atoms with van der Waals surface area (Å²) in [6, 6.07) is 1.16. The van der Waals surface area contributed by atoms with Gasteiger partial charge < -0.3 is 0 Å². The van der Waals surface area contributed by atoms with Crippen molar-refractivity contribution in [1.29, 1.82) is 0 Å². The summed E-state index contributed by atoms with van der Waals surface area (Å²) in [4.78, 5) is 4.12. The molecular formula is C7H10N. The zero-order valence-corrected chi connectivity index (χ0v) is 5.52. The Labute approximate surface area is 50.1 Å². The second-order valence-corrected chi connectivity index (χ2v) is 2.15. The molecule has 1 heterocycles. The average Bonchev–Trinajstić information content (AvgIpc) is 1.98. The molecule has 0 aromatic carbocycles. The number of aliphatic imine (C=N–C) groups is 1. The van der Waals surface area contributed by atoms with Crippen LogP contribution >= 0.6 is 0 Å². The predicted octanol–water partition coefficient (Wildman–Crippen LogP) is 1.96. The molecule has 0 atom stereocenters. The lowest BCUT2D eigenvalue weighted by molar-refractivity contribution is 1.08. The van der Waals surface area contributed by atoms with Gasteiger partial charge in [-0.2, -0.15) is 0 Å². The van der Waals surface area contributed by atoms with Gasteiger partial charge in [0.1, 0.15) is 6.04 Å².